The average Bonchev–Trinajstić information content (AvgIpc) is 2.90. The second-order valence-corrected chi connectivity index (χ2v) is 12.1. The Morgan fingerprint density at radius 3 is 2.36 bits per heavy atom. The van der Waals surface area contributed by atoms with Gasteiger partial charge >= 0.3 is 6.09 Å². The molecule has 2 aliphatic rings. The molecule has 0 aliphatic carbocycles. The zero-order chi connectivity index (χ0) is 30.1. The van der Waals surface area contributed by atoms with Crippen LogP contribution in [-0.2, 0) is 17.6 Å². The highest BCUT2D eigenvalue weighted by molar-refractivity contribution is 5.96. The van der Waals surface area contributed by atoms with Crippen LogP contribution in [0, 0.1) is 23.1 Å². The molecule has 4 heterocycles. The summed E-state index contributed by atoms with van der Waals surface area (Å²) in [6.45, 7) is 11.6. The highest BCUT2D eigenvalue weighted by Gasteiger charge is 2.55. The lowest BCUT2D eigenvalue weighted by atomic mass is 9.73. The zero-order valence-corrected chi connectivity index (χ0v) is 24.8. The van der Waals surface area contributed by atoms with E-state index in [2.05, 4.69) is 33.7 Å². The summed E-state index contributed by atoms with van der Waals surface area (Å²) >= 11 is 0. The molecule has 2 saturated heterocycles. The first kappa shape index (κ1) is 29.2. The normalized spacial score (nSPS) is 15.4. The average molecular weight is 570 g/mol. The van der Waals surface area contributed by atoms with Gasteiger partial charge in [0.05, 0.1) is 22.5 Å². The van der Waals surface area contributed by atoms with Crippen LogP contribution in [-0.4, -0.2) is 68.5 Å². The summed E-state index contributed by atoms with van der Waals surface area (Å²) in [5.74, 6) is 5.36. The minimum absolute atomic E-state index is 0.00701. The molecule has 2 amide bonds. The van der Waals surface area contributed by atoms with E-state index < -0.39 is 11.4 Å². The van der Waals surface area contributed by atoms with Crippen LogP contribution in [0.1, 0.15) is 73.9 Å². The van der Waals surface area contributed by atoms with Crippen LogP contribution in [0.4, 0.5) is 9.18 Å². The Morgan fingerprint density at radius 2 is 1.74 bits per heavy atom. The second-order valence-electron chi connectivity index (χ2n) is 12.1. The highest BCUT2D eigenvalue weighted by Crippen LogP contribution is 2.41. The van der Waals surface area contributed by atoms with E-state index in [0.29, 0.717) is 49.4 Å². The number of ether oxygens (including phenoxy) is 1. The number of carbonyl (C=O) groups excluding carboxylic acids is 2. The predicted molar refractivity (Wildman–Crippen MR) is 157 cm³/mol. The number of rotatable bonds is 5. The maximum atomic E-state index is 15.4. The monoisotopic (exact) mass is 569 g/mol. The topological polar surface area (TPSA) is 88.5 Å². The van der Waals surface area contributed by atoms with E-state index in [9.17, 15) is 9.59 Å². The molecule has 1 aromatic carbocycles. The van der Waals surface area contributed by atoms with Crippen LogP contribution in [0.15, 0.2) is 42.9 Å². The van der Waals surface area contributed by atoms with E-state index in [1.165, 1.54) is 18.5 Å². The van der Waals surface area contributed by atoms with E-state index in [1.807, 2.05) is 39.8 Å². The van der Waals surface area contributed by atoms with Crippen molar-refractivity contribution in [1.82, 2.24) is 24.8 Å². The van der Waals surface area contributed by atoms with Crippen LogP contribution >= 0.6 is 0 Å². The number of benzene rings is 1. The van der Waals surface area contributed by atoms with Crippen molar-refractivity contribution in [3.8, 4) is 23.1 Å². The second kappa shape index (κ2) is 11.5. The van der Waals surface area contributed by atoms with Gasteiger partial charge in [-0.3, -0.25) is 9.78 Å². The Hall–Kier alpha value is -4.32. The van der Waals surface area contributed by atoms with E-state index in [1.54, 1.807) is 22.1 Å². The minimum atomic E-state index is -0.617. The van der Waals surface area contributed by atoms with Gasteiger partial charge in [-0.1, -0.05) is 38.2 Å². The van der Waals surface area contributed by atoms with Crippen molar-refractivity contribution in [2.75, 3.05) is 26.2 Å². The fourth-order valence-corrected chi connectivity index (χ4v) is 5.41. The Morgan fingerprint density at radius 1 is 1.00 bits per heavy atom. The molecule has 0 bridgehead atoms. The molecule has 0 N–H and O–H groups in total. The van der Waals surface area contributed by atoms with Crippen LogP contribution in [0.3, 0.4) is 0 Å². The molecule has 2 aliphatic heterocycles. The third kappa shape index (κ3) is 6.13. The first-order chi connectivity index (χ1) is 20.0. The number of carbonyl (C=O) groups is 2. The smallest absolute Gasteiger partial charge is 0.410 e. The van der Waals surface area contributed by atoms with E-state index in [4.69, 9.17) is 4.74 Å². The Kier molecular flexibility index (Phi) is 8.00. The zero-order valence-electron chi connectivity index (χ0n) is 24.8. The lowest BCUT2D eigenvalue weighted by Gasteiger charge is -2.59. The molecule has 0 unspecified atom stereocenters. The molecule has 2 aromatic heterocycles. The van der Waals surface area contributed by atoms with Crippen molar-refractivity contribution >= 4 is 12.0 Å². The van der Waals surface area contributed by atoms with Gasteiger partial charge in [0.15, 0.2) is 0 Å². The van der Waals surface area contributed by atoms with Crippen LogP contribution in [0.25, 0.3) is 11.3 Å². The number of aryl methyl sites for hydroxylation is 2. The number of hydrogen-bond donors (Lipinski definition) is 0. The van der Waals surface area contributed by atoms with Crippen LogP contribution in [0.5, 0.6) is 0 Å². The molecule has 0 radical (unpaired) electrons. The summed E-state index contributed by atoms with van der Waals surface area (Å²) in [4.78, 5) is 42.0. The van der Waals surface area contributed by atoms with Crippen molar-refractivity contribution in [3.05, 3.63) is 76.8 Å². The van der Waals surface area contributed by atoms with Crippen LogP contribution < -0.4 is 0 Å². The molecule has 5 rings (SSSR count). The summed E-state index contributed by atoms with van der Waals surface area (Å²) in [7, 11) is 0. The molecule has 0 atom stereocenters. The molecular formula is C33H36FN5O3. The fraction of sp³-hybridized carbons (Fsp3) is 0.424. The minimum Gasteiger partial charge on any atom is -0.444 e. The molecule has 9 heteroatoms. The van der Waals surface area contributed by atoms with Gasteiger partial charge in [-0.15, -0.1) is 0 Å². The van der Waals surface area contributed by atoms with Crippen molar-refractivity contribution in [1.29, 1.82) is 0 Å². The number of amides is 2. The van der Waals surface area contributed by atoms with Gasteiger partial charge in [0, 0.05) is 54.6 Å². The van der Waals surface area contributed by atoms with Gasteiger partial charge in [0.1, 0.15) is 17.7 Å². The first-order valence-corrected chi connectivity index (χ1v) is 14.4. The Bertz CT molecular complexity index is 1560. The van der Waals surface area contributed by atoms with Gasteiger partial charge in [0.2, 0.25) is 0 Å². The number of nitrogens with zero attached hydrogens (tertiary/aromatic N) is 5. The lowest BCUT2D eigenvalue weighted by Crippen LogP contribution is -2.73. The molecule has 3 aromatic rings. The molecular weight excluding hydrogens is 533 g/mol. The van der Waals surface area contributed by atoms with Crippen molar-refractivity contribution in [2.24, 2.45) is 5.41 Å². The van der Waals surface area contributed by atoms with E-state index in [0.717, 1.165) is 29.8 Å². The maximum absolute atomic E-state index is 15.4. The first-order valence-electron chi connectivity index (χ1n) is 14.4. The SMILES string of the molecule is CCCc1ccc(C#Cc2c(CC)ncnc2-c2ccc(C(=O)N3CC4(CN(C(=O)OC(C)(C)C)C4)C3)c(F)c2)cn1. The fourth-order valence-electron chi connectivity index (χ4n) is 5.41. The molecule has 1 spiro atoms. The summed E-state index contributed by atoms with van der Waals surface area (Å²) in [5, 5.41) is 0. The van der Waals surface area contributed by atoms with Gasteiger partial charge in [-0.05, 0) is 57.9 Å². The lowest BCUT2D eigenvalue weighted by molar-refractivity contribution is -0.0981. The number of aromatic nitrogens is 3. The standard InChI is InChI=1S/C33H36FN5O3/c1-6-8-24-12-9-22(16-35-24)10-13-26-28(7-2)36-21-37-29(26)23-11-14-25(27(34)15-23)30(40)38-17-33(18-38)19-39(20-33)31(41)42-32(3,4)5/h9,11-12,14-16,21H,6-8,17-20H2,1-5H3. The van der Waals surface area contributed by atoms with E-state index >= 15 is 4.39 Å². The molecule has 2 fully saturated rings. The quantitative estimate of drug-likeness (QED) is 0.388. The van der Waals surface area contributed by atoms with E-state index in [-0.39, 0.29) is 23.0 Å². The number of pyridine rings is 1. The highest BCUT2D eigenvalue weighted by atomic mass is 19.1. The number of hydrogen-bond acceptors (Lipinski definition) is 6. The molecule has 8 nitrogen and oxygen atoms in total. The Balaban J connectivity index is 1.29. The van der Waals surface area contributed by atoms with Gasteiger partial charge in [-0.2, -0.15) is 0 Å². The summed E-state index contributed by atoms with van der Waals surface area (Å²) in [5.41, 5.74) is 3.53. The summed E-state index contributed by atoms with van der Waals surface area (Å²) in [6.07, 6.45) is 5.44. The molecule has 0 saturated carbocycles. The molecule has 218 valence electrons. The number of halogens is 1. The van der Waals surface area contributed by atoms with Gasteiger partial charge in [0.25, 0.3) is 5.91 Å². The third-order valence-electron chi connectivity index (χ3n) is 7.44. The Labute approximate surface area is 246 Å². The largest absolute Gasteiger partial charge is 0.444 e. The summed E-state index contributed by atoms with van der Waals surface area (Å²) < 4.78 is 20.8. The van der Waals surface area contributed by atoms with Crippen molar-refractivity contribution < 1.29 is 18.7 Å². The predicted octanol–water partition coefficient (Wildman–Crippen LogP) is 5.29. The maximum Gasteiger partial charge on any atom is 0.410 e. The third-order valence-corrected chi connectivity index (χ3v) is 7.44. The van der Waals surface area contributed by atoms with Gasteiger partial charge < -0.3 is 14.5 Å². The van der Waals surface area contributed by atoms with Crippen molar-refractivity contribution in [2.45, 2.75) is 59.5 Å². The van der Waals surface area contributed by atoms with Crippen molar-refractivity contribution in [3.63, 3.8) is 0 Å². The van der Waals surface area contributed by atoms with Gasteiger partial charge in [-0.25, -0.2) is 19.2 Å². The number of likely N-dealkylation sites (tertiary alicyclic amines) is 2. The van der Waals surface area contributed by atoms with Crippen LogP contribution in [0.2, 0.25) is 0 Å². The summed E-state index contributed by atoms with van der Waals surface area (Å²) in [6, 6.07) is 8.47. The molecule has 42 heavy (non-hydrogen) atoms.